The summed E-state index contributed by atoms with van der Waals surface area (Å²) in [5, 5.41) is 11.2. The molecular formula is C16H20ClN5O. The number of rotatable bonds is 5. The predicted octanol–water partition coefficient (Wildman–Crippen LogP) is 1.96. The average molecular weight is 334 g/mol. The summed E-state index contributed by atoms with van der Waals surface area (Å²) < 4.78 is 1.67. The van der Waals surface area contributed by atoms with E-state index >= 15 is 0 Å². The zero-order valence-corrected chi connectivity index (χ0v) is 13.8. The SMILES string of the molecule is CCCc1nc(C(=O)NC2CCNC2)nn1-c1ccccc1Cl. The first kappa shape index (κ1) is 16.0. The maximum Gasteiger partial charge on any atom is 0.291 e. The fourth-order valence-corrected chi connectivity index (χ4v) is 2.89. The molecule has 1 atom stereocenters. The number of para-hydroxylation sites is 1. The summed E-state index contributed by atoms with van der Waals surface area (Å²) in [7, 11) is 0. The summed E-state index contributed by atoms with van der Waals surface area (Å²) in [6.07, 6.45) is 2.58. The van der Waals surface area contributed by atoms with E-state index in [2.05, 4.69) is 27.6 Å². The Bertz CT molecular complexity index is 694. The lowest BCUT2D eigenvalue weighted by Crippen LogP contribution is -2.36. The number of aryl methyl sites for hydroxylation is 1. The number of carbonyl (C=O) groups excluding carboxylic acids is 1. The van der Waals surface area contributed by atoms with Gasteiger partial charge in [0.15, 0.2) is 0 Å². The van der Waals surface area contributed by atoms with Crippen LogP contribution in [0.4, 0.5) is 0 Å². The number of nitrogens with zero attached hydrogens (tertiary/aromatic N) is 3. The van der Waals surface area contributed by atoms with Crippen LogP contribution in [0.5, 0.6) is 0 Å². The maximum atomic E-state index is 12.4. The Morgan fingerprint density at radius 1 is 1.48 bits per heavy atom. The van der Waals surface area contributed by atoms with E-state index in [0.29, 0.717) is 5.02 Å². The van der Waals surface area contributed by atoms with E-state index in [1.54, 1.807) is 10.7 Å². The Kier molecular flexibility index (Phi) is 4.93. The van der Waals surface area contributed by atoms with Crippen molar-refractivity contribution in [1.29, 1.82) is 0 Å². The Morgan fingerprint density at radius 2 is 2.30 bits per heavy atom. The van der Waals surface area contributed by atoms with Crippen molar-refractivity contribution in [2.24, 2.45) is 0 Å². The van der Waals surface area contributed by atoms with Crippen LogP contribution >= 0.6 is 11.6 Å². The zero-order valence-electron chi connectivity index (χ0n) is 13.1. The second-order valence-electron chi connectivity index (χ2n) is 5.63. The van der Waals surface area contributed by atoms with Crippen LogP contribution in [0.2, 0.25) is 5.02 Å². The first-order valence-electron chi connectivity index (χ1n) is 7.91. The molecule has 122 valence electrons. The minimum Gasteiger partial charge on any atom is -0.345 e. The molecule has 2 heterocycles. The van der Waals surface area contributed by atoms with Gasteiger partial charge in [0.25, 0.3) is 5.91 Å². The summed E-state index contributed by atoms with van der Waals surface area (Å²) >= 11 is 6.26. The quantitative estimate of drug-likeness (QED) is 0.877. The molecule has 0 aliphatic carbocycles. The van der Waals surface area contributed by atoms with Crippen molar-refractivity contribution in [2.45, 2.75) is 32.2 Å². The molecule has 1 saturated heterocycles. The molecule has 1 aliphatic heterocycles. The molecule has 1 fully saturated rings. The Balaban J connectivity index is 1.89. The van der Waals surface area contributed by atoms with E-state index in [4.69, 9.17) is 11.6 Å². The third kappa shape index (κ3) is 3.54. The molecule has 0 radical (unpaired) electrons. The molecule has 0 saturated carbocycles. The summed E-state index contributed by atoms with van der Waals surface area (Å²) in [5.41, 5.74) is 0.742. The second kappa shape index (κ2) is 7.10. The average Bonchev–Trinajstić information content (AvgIpc) is 3.18. The Hall–Kier alpha value is -1.92. The fourth-order valence-electron chi connectivity index (χ4n) is 2.67. The first-order chi connectivity index (χ1) is 11.2. The first-order valence-corrected chi connectivity index (χ1v) is 8.29. The highest BCUT2D eigenvalue weighted by Crippen LogP contribution is 2.21. The van der Waals surface area contributed by atoms with E-state index in [1.165, 1.54) is 0 Å². The van der Waals surface area contributed by atoms with Crippen molar-refractivity contribution in [3.63, 3.8) is 0 Å². The summed E-state index contributed by atoms with van der Waals surface area (Å²) in [6, 6.07) is 7.58. The van der Waals surface area contributed by atoms with Crippen LogP contribution in [0, 0.1) is 0 Å². The van der Waals surface area contributed by atoms with Crippen LogP contribution in [0.1, 0.15) is 36.2 Å². The van der Waals surface area contributed by atoms with Gasteiger partial charge in [0.2, 0.25) is 5.82 Å². The molecule has 1 aromatic carbocycles. The van der Waals surface area contributed by atoms with Crippen molar-refractivity contribution >= 4 is 17.5 Å². The van der Waals surface area contributed by atoms with Gasteiger partial charge in [-0.05, 0) is 31.5 Å². The number of hydrogen-bond acceptors (Lipinski definition) is 4. The molecular weight excluding hydrogens is 314 g/mol. The fraction of sp³-hybridized carbons (Fsp3) is 0.438. The van der Waals surface area contributed by atoms with Gasteiger partial charge in [-0.3, -0.25) is 4.79 Å². The van der Waals surface area contributed by atoms with E-state index in [1.807, 2.05) is 18.2 Å². The van der Waals surface area contributed by atoms with Crippen molar-refractivity contribution in [3.8, 4) is 5.69 Å². The minimum absolute atomic E-state index is 0.143. The molecule has 1 aliphatic rings. The largest absolute Gasteiger partial charge is 0.345 e. The zero-order chi connectivity index (χ0) is 16.2. The van der Waals surface area contributed by atoms with Crippen molar-refractivity contribution in [3.05, 3.63) is 40.9 Å². The van der Waals surface area contributed by atoms with Gasteiger partial charge in [-0.1, -0.05) is 30.7 Å². The molecule has 2 N–H and O–H groups in total. The van der Waals surface area contributed by atoms with Crippen LogP contribution < -0.4 is 10.6 Å². The van der Waals surface area contributed by atoms with Crippen LogP contribution in [0.15, 0.2) is 24.3 Å². The van der Waals surface area contributed by atoms with E-state index < -0.39 is 0 Å². The van der Waals surface area contributed by atoms with E-state index in [9.17, 15) is 4.79 Å². The van der Waals surface area contributed by atoms with Crippen molar-refractivity contribution in [2.75, 3.05) is 13.1 Å². The van der Waals surface area contributed by atoms with Gasteiger partial charge in [-0.25, -0.2) is 9.67 Å². The third-order valence-corrected chi connectivity index (χ3v) is 4.15. The summed E-state index contributed by atoms with van der Waals surface area (Å²) in [4.78, 5) is 16.8. The van der Waals surface area contributed by atoms with Crippen LogP contribution in [0.3, 0.4) is 0 Å². The molecule has 2 aromatic rings. The van der Waals surface area contributed by atoms with Gasteiger partial charge in [0.05, 0.1) is 10.7 Å². The van der Waals surface area contributed by atoms with Crippen LogP contribution in [-0.2, 0) is 6.42 Å². The predicted molar refractivity (Wildman–Crippen MR) is 89.1 cm³/mol. The highest BCUT2D eigenvalue weighted by molar-refractivity contribution is 6.32. The molecule has 7 heteroatoms. The van der Waals surface area contributed by atoms with Gasteiger partial charge in [-0.15, -0.1) is 5.10 Å². The molecule has 1 aromatic heterocycles. The third-order valence-electron chi connectivity index (χ3n) is 3.83. The molecule has 1 amide bonds. The molecule has 3 rings (SSSR count). The summed E-state index contributed by atoms with van der Waals surface area (Å²) in [5.74, 6) is 0.706. The van der Waals surface area contributed by atoms with Crippen LogP contribution in [0.25, 0.3) is 5.69 Å². The van der Waals surface area contributed by atoms with Crippen molar-refractivity contribution < 1.29 is 4.79 Å². The lowest BCUT2D eigenvalue weighted by Gasteiger charge is -2.08. The molecule has 1 unspecified atom stereocenters. The van der Waals surface area contributed by atoms with Crippen molar-refractivity contribution in [1.82, 2.24) is 25.4 Å². The topological polar surface area (TPSA) is 71.8 Å². The van der Waals surface area contributed by atoms with Gasteiger partial charge in [0, 0.05) is 19.0 Å². The lowest BCUT2D eigenvalue weighted by atomic mass is 10.2. The van der Waals surface area contributed by atoms with Gasteiger partial charge < -0.3 is 10.6 Å². The van der Waals surface area contributed by atoms with E-state index in [-0.39, 0.29) is 17.8 Å². The van der Waals surface area contributed by atoms with Gasteiger partial charge in [-0.2, -0.15) is 0 Å². The highest BCUT2D eigenvalue weighted by Gasteiger charge is 2.22. The van der Waals surface area contributed by atoms with Gasteiger partial charge in [0.1, 0.15) is 5.82 Å². The van der Waals surface area contributed by atoms with E-state index in [0.717, 1.165) is 43.9 Å². The second-order valence-corrected chi connectivity index (χ2v) is 6.04. The number of hydrogen-bond donors (Lipinski definition) is 2. The Labute approximate surface area is 140 Å². The molecule has 23 heavy (non-hydrogen) atoms. The van der Waals surface area contributed by atoms with Crippen LogP contribution in [-0.4, -0.2) is 39.8 Å². The normalized spacial score (nSPS) is 17.4. The number of amides is 1. The number of halogens is 1. The maximum absolute atomic E-state index is 12.4. The monoisotopic (exact) mass is 333 g/mol. The van der Waals surface area contributed by atoms with Gasteiger partial charge >= 0.3 is 0 Å². The molecule has 6 nitrogen and oxygen atoms in total. The minimum atomic E-state index is -0.234. The lowest BCUT2D eigenvalue weighted by molar-refractivity contribution is 0.0929. The Morgan fingerprint density at radius 3 is 3.00 bits per heavy atom. The number of benzene rings is 1. The number of carbonyl (C=O) groups is 1. The number of nitrogens with one attached hydrogen (secondary N) is 2. The standard InChI is InChI=1S/C16H20ClN5O/c1-2-5-14-20-15(16(23)19-11-8-9-18-10-11)21-22(14)13-7-4-3-6-12(13)17/h3-4,6-7,11,18H,2,5,8-10H2,1H3,(H,19,23). The molecule has 0 bridgehead atoms. The molecule has 0 spiro atoms. The number of aromatic nitrogens is 3. The highest BCUT2D eigenvalue weighted by atomic mass is 35.5. The smallest absolute Gasteiger partial charge is 0.291 e. The summed E-state index contributed by atoms with van der Waals surface area (Å²) in [6.45, 7) is 3.78.